The van der Waals surface area contributed by atoms with Gasteiger partial charge < -0.3 is 8.98 Å². The van der Waals surface area contributed by atoms with Crippen LogP contribution in [0.4, 0.5) is 0 Å². The lowest BCUT2D eigenvalue weighted by Crippen LogP contribution is -2.26. The molecule has 15 aromatic rings. The Morgan fingerprint density at radius 1 is 0.318 bits per heavy atom. The number of furan rings is 1. The molecule has 0 amide bonds. The number of aryl methyl sites for hydroxylation is 1. The quantitative estimate of drug-likeness (QED) is 0.156. The number of nitrogens with zero attached hydrogens (tertiary/aromatic N) is 1. The second-order valence-electron chi connectivity index (χ2n) is 24.0. The van der Waals surface area contributed by atoms with E-state index in [2.05, 4.69) is 296 Å². The zero-order valence-corrected chi connectivity index (χ0v) is 46.6. The smallest absolute Gasteiger partial charge is 0.135 e. The molecule has 4 aliphatic rings. The van der Waals surface area contributed by atoms with Crippen LogP contribution in [0.25, 0.3) is 105 Å². The van der Waals surface area contributed by atoms with Gasteiger partial charge >= 0.3 is 0 Å². The van der Waals surface area contributed by atoms with Gasteiger partial charge in [0.05, 0.1) is 21.9 Å². The number of aromatic nitrogens is 1. The van der Waals surface area contributed by atoms with Crippen molar-refractivity contribution in [2.75, 3.05) is 0 Å². The first-order chi connectivity index (χ1) is 42.2. The predicted molar refractivity (Wildman–Crippen MR) is 349 cm³/mol. The molecule has 2 heteroatoms. The molecule has 4 aliphatic carbocycles. The van der Waals surface area contributed by atoms with Gasteiger partial charge in [0.25, 0.3) is 0 Å². The minimum absolute atomic E-state index is 0.00100. The monoisotopic (exact) mass is 1080 g/mol. The van der Waals surface area contributed by atoms with E-state index >= 15 is 0 Å². The van der Waals surface area contributed by atoms with Crippen LogP contribution in [0.1, 0.15) is 73.5 Å². The van der Waals surface area contributed by atoms with Crippen molar-refractivity contribution in [3.63, 3.8) is 0 Å². The first kappa shape index (κ1) is 47.0. The van der Waals surface area contributed by atoms with Crippen molar-refractivity contribution in [1.29, 1.82) is 0 Å². The Labute approximate surface area is 493 Å². The van der Waals surface area contributed by atoms with Crippen molar-refractivity contribution in [3.8, 4) is 61.3 Å². The van der Waals surface area contributed by atoms with Crippen LogP contribution in [0.2, 0.25) is 0 Å². The maximum Gasteiger partial charge on any atom is 0.135 e. The first-order valence-corrected chi connectivity index (χ1v) is 30.1. The largest absolute Gasteiger partial charge is 0.456 e. The van der Waals surface area contributed by atoms with E-state index in [9.17, 15) is 0 Å². The van der Waals surface area contributed by atoms with E-state index in [0.717, 1.165) is 35.1 Å². The van der Waals surface area contributed by atoms with Crippen LogP contribution in [-0.4, -0.2) is 4.57 Å². The summed E-state index contributed by atoms with van der Waals surface area (Å²) in [7, 11) is 0. The van der Waals surface area contributed by atoms with Crippen LogP contribution in [-0.2, 0) is 17.3 Å². The van der Waals surface area contributed by atoms with Crippen molar-refractivity contribution in [2.24, 2.45) is 0 Å². The molecule has 0 saturated carbocycles. The Balaban J connectivity index is 0.803. The standard InChI is InChI=1S/C83H53NO/c1-2-19-55(20-3-1)84-77-35-17-10-27-65(77)67-48-52(40-45-78(67)84)53-41-46-79-68(49-53)81-66(28-18-36-80(81)85-79)56(54-39-44-64-62-26-9-16-34-74(62)83(76(64)50-54)71-31-13-6-23-59(71)60-24-7-14-32-72(60)83)42-37-51-38-43-63-61-25-8-15-33-73(61)82(75(63)47-51)69-29-11-4-21-57(69)58-22-5-12-30-70(58)82/h1-36,38-41,43-50,56H,37,42H2. The third kappa shape index (κ3) is 6.23. The van der Waals surface area contributed by atoms with Crippen molar-refractivity contribution in [1.82, 2.24) is 4.57 Å². The van der Waals surface area contributed by atoms with Gasteiger partial charge in [-0.1, -0.05) is 243 Å². The average Bonchev–Trinajstić information content (AvgIpc) is 1.59. The Hall–Kier alpha value is -10.5. The van der Waals surface area contributed by atoms with Crippen molar-refractivity contribution >= 4 is 43.7 Å². The molecule has 19 rings (SSSR count). The third-order valence-corrected chi connectivity index (χ3v) is 20.1. The molecule has 1 atom stereocenters. The van der Waals surface area contributed by atoms with Gasteiger partial charge in [0.2, 0.25) is 0 Å². The molecule has 13 aromatic carbocycles. The summed E-state index contributed by atoms with van der Waals surface area (Å²) in [5.74, 6) is -0.00100. The molecule has 0 fully saturated rings. The Kier molecular flexibility index (Phi) is 9.68. The van der Waals surface area contributed by atoms with Gasteiger partial charge in [-0.3, -0.25) is 0 Å². The van der Waals surface area contributed by atoms with Crippen molar-refractivity contribution < 1.29 is 4.42 Å². The van der Waals surface area contributed by atoms with Gasteiger partial charge in [0, 0.05) is 33.2 Å². The molecule has 0 saturated heterocycles. The van der Waals surface area contributed by atoms with Crippen LogP contribution in [0.5, 0.6) is 0 Å². The summed E-state index contributed by atoms with van der Waals surface area (Å²) in [6, 6.07) is 110. The molecular formula is C83H53NO. The lowest BCUT2D eigenvalue weighted by atomic mass is 9.69. The highest BCUT2D eigenvalue weighted by atomic mass is 16.3. The molecule has 0 bridgehead atoms. The normalized spacial score (nSPS) is 14.4. The number of hydrogen-bond donors (Lipinski definition) is 0. The molecule has 0 N–H and O–H groups in total. The van der Waals surface area contributed by atoms with Gasteiger partial charge in [-0.05, 0) is 178 Å². The second kappa shape index (κ2) is 17.5. The highest BCUT2D eigenvalue weighted by molar-refractivity contribution is 6.12. The van der Waals surface area contributed by atoms with Gasteiger partial charge in [-0.15, -0.1) is 0 Å². The molecule has 0 radical (unpaired) electrons. The average molecular weight is 1080 g/mol. The van der Waals surface area contributed by atoms with Gasteiger partial charge in [0.1, 0.15) is 11.2 Å². The maximum atomic E-state index is 6.97. The summed E-state index contributed by atoms with van der Waals surface area (Å²) < 4.78 is 9.37. The molecule has 2 nitrogen and oxygen atoms in total. The van der Waals surface area contributed by atoms with E-state index in [-0.39, 0.29) is 5.92 Å². The minimum Gasteiger partial charge on any atom is -0.456 e. The van der Waals surface area contributed by atoms with E-state index in [0.29, 0.717) is 0 Å². The van der Waals surface area contributed by atoms with Crippen LogP contribution < -0.4 is 0 Å². The third-order valence-electron chi connectivity index (χ3n) is 20.1. The molecule has 85 heavy (non-hydrogen) atoms. The van der Waals surface area contributed by atoms with E-state index in [4.69, 9.17) is 4.42 Å². The number of hydrogen-bond acceptors (Lipinski definition) is 1. The molecule has 2 aromatic heterocycles. The SMILES string of the molecule is c1ccc(-n2c3ccccc3c3cc(-c4ccc5oc6cccc(C(CCc7ccc8c(c7)C7(c9ccccc9-c9ccccc97)c7ccccc7-8)c7ccc8c(c7)C7(c9ccccc9-c9ccccc97)c7ccccc7-8)c6c5c4)ccc32)cc1. The summed E-state index contributed by atoms with van der Waals surface area (Å²) >= 11 is 0. The van der Waals surface area contributed by atoms with Crippen LogP contribution in [0, 0.1) is 0 Å². The minimum atomic E-state index is -0.464. The number of benzene rings is 13. The lowest BCUT2D eigenvalue weighted by Gasteiger charge is -2.31. The van der Waals surface area contributed by atoms with Crippen LogP contribution in [0.15, 0.2) is 296 Å². The number of para-hydroxylation sites is 2. The second-order valence-corrected chi connectivity index (χ2v) is 24.0. The maximum absolute atomic E-state index is 6.97. The molecule has 1 unspecified atom stereocenters. The van der Waals surface area contributed by atoms with E-state index in [1.807, 2.05) is 0 Å². The fourth-order valence-electron chi connectivity index (χ4n) is 16.8. The van der Waals surface area contributed by atoms with E-state index in [1.54, 1.807) is 0 Å². The molecular weight excluding hydrogens is 1030 g/mol. The Bertz CT molecular complexity index is 5210. The number of fused-ring (bicyclic) bond motifs is 26. The topological polar surface area (TPSA) is 18.1 Å². The lowest BCUT2D eigenvalue weighted by molar-refractivity contribution is 0.667. The summed E-state index contributed by atoms with van der Waals surface area (Å²) in [5, 5.41) is 4.80. The first-order valence-electron chi connectivity index (χ1n) is 30.1. The van der Waals surface area contributed by atoms with Crippen LogP contribution in [0.3, 0.4) is 0 Å². The molecule has 2 spiro atoms. The molecule has 2 heterocycles. The fourth-order valence-corrected chi connectivity index (χ4v) is 16.8. The summed E-state index contributed by atoms with van der Waals surface area (Å²) in [5.41, 5.74) is 32.3. The summed E-state index contributed by atoms with van der Waals surface area (Å²) in [4.78, 5) is 0. The van der Waals surface area contributed by atoms with Gasteiger partial charge in [-0.2, -0.15) is 0 Å². The van der Waals surface area contributed by atoms with E-state index in [1.165, 1.54) is 144 Å². The molecule has 396 valence electrons. The highest BCUT2D eigenvalue weighted by Crippen LogP contribution is 2.65. The van der Waals surface area contributed by atoms with Crippen molar-refractivity contribution in [3.05, 3.63) is 352 Å². The number of rotatable bonds is 7. The Morgan fingerprint density at radius 3 is 1.38 bits per heavy atom. The zero-order valence-electron chi connectivity index (χ0n) is 46.6. The van der Waals surface area contributed by atoms with Crippen LogP contribution >= 0.6 is 0 Å². The fraction of sp³-hybridized carbons (Fsp3) is 0.0602. The summed E-state index contributed by atoms with van der Waals surface area (Å²) in [6.45, 7) is 0. The highest BCUT2D eigenvalue weighted by Gasteiger charge is 2.53. The molecule has 0 aliphatic heterocycles. The predicted octanol–water partition coefficient (Wildman–Crippen LogP) is 20.8. The van der Waals surface area contributed by atoms with Gasteiger partial charge in [-0.25, -0.2) is 0 Å². The summed E-state index contributed by atoms with van der Waals surface area (Å²) in [6.07, 6.45) is 1.75. The zero-order chi connectivity index (χ0) is 55.5. The van der Waals surface area contributed by atoms with E-state index < -0.39 is 10.8 Å². The van der Waals surface area contributed by atoms with Gasteiger partial charge in [0.15, 0.2) is 0 Å². The Morgan fingerprint density at radius 2 is 0.788 bits per heavy atom. The van der Waals surface area contributed by atoms with Crippen molar-refractivity contribution in [2.45, 2.75) is 29.6 Å².